The molecule has 18 heavy (non-hydrogen) atoms. The van der Waals surface area contributed by atoms with Crippen LogP contribution in [0.1, 0.15) is 35.2 Å². The van der Waals surface area contributed by atoms with Gasteiger partial charge in [-0.2, -0.15) is 5.10 Å². The maximum Gasteiger partial charge on any atom is 0.0897 e. The van der Waals surface area contributed by atoms with Crippen molar-refractivity contribution >= 4 is 11.3 Å². The molecule has 1 aliphatic heterocycles. The average molecular weight is 262 g/mol. The Morgan fingerprint density at radius 3 is 3.22 bits per heavy atom. The molecule has 1 atom stereocenters. The van der Waals surface area contributed by atoms with E-state index in [1.54, 1.807) is 11.3 Å². The number of piperidine rings is 1. The number of thiazole rings is 1. The third-order valence-corrected chi connectivity index (χ3v) is 4.34. The van der Waals surface area contributed by atoms with E-state index in [0.717, 1.165) is 18.1 Å². The largest absolute Gasteiger partial charge is 0.297 e. The fourth-order valence-corrected chi connectivity index (χ4v) is 3.26. The van der Waals surface area contributed by atoms with Gasteiger partial charge in [0.05, 0.1) is 10.7 Å². The highest BCUT2D eigenvalue weighted by atomic mass is 32.1. The summed E-state index contributed by atoms with van der Waals surface area (Å²) >= 11 is 1.74. The van der Waals surface area contributed by atoms with E-state index in [2.05, 4.69) is 38.5 Å². The predicted molar refractivity (Wildman–Crippen MR) is 72.7 cm³/mol. The van der Waals surface area contributed by atoms with Crippen LogP contribution in [0.5, 0.6) is 0 Å². The quantitative estimate of drug-likeness (QED) is 0.924. The number of hydrogen-bond donors (Lipinski definition) is 1. The van der Waals surface area contributed by atoms with E-state index >= 15 is 0 Å². The molecule has 0 radical (unpaired) electrons. The Bertz CT molecular complexity index is 491. The van der Waals surface area contributed by atoms with Gasteiger partial charge in [0.25, 0.3) is 0 Å². The van der Waals surface area contributed by atoms with Crippen molar-refractivity contribution in [1.29, 1.82) is 0 Å². The summed E-state index contributed by atoms with van der Waals surface area (Å²) in [4.78, 5) is 7.05. The Kier molecular flexibility index (Phi) is 3.43. The third-order valence-electron chi connectivity index (χ3n) is 3.52. The summed E-state index contributed by atoms with van der Waals surface area (Å²) in [6.45, 7) is 5.34. The van der Waals surface area contributed by atoms with E-state index in [1.165, 1.54) is 30.8 Å². The Hall–Kier alpha value is -1.20. The van der Waals surface area contributed by atoms with Gasteiger partial charge in [-0.15, -0.1) is 11.3 Å². The van der Waals surface area contributed by atoms with Gasteiger partial charge in [-0.1, -0.05) is 0 Å². The zero-order valence-corrected chi connectivity index (χ0v) is 11.4. The minimum absolute atomic E-state index is 0.598. The first-order valence-corrected chi connectivity index (χ1v) is 7.32. The maximum atomic E-state index is 4.55. The molecule has 1 N–H and O–H groups in total. The lowest BCUT2D eigenvalue weighted by molar-refractivity contribution is 0.196. The minimum Gasteiger partial charge on any atom is -0.297 e. The van der Waals surface area contributed by atoms with Crippen LogP contribution in [0.4, 0.5) is 0 Å². The van der Waals surface area contributed by atoms with Gasteiger partial charge >= 0.3 is 0 Å². The molecule has 96 valence electrons. The smallest absolute Gasteiger partial charge is 0.0897 e. The molecule has 0 spiro atoms. The number of rotatable bonds is 3. The number of nitrogens with zero attached hydrogens (tertiary/aromatic N) is 3. The van der Waals surface area contributed by atoms with Crippen LogP contribution in [0.3, 0.4) is 0 Å². The molecule has 5 heteroatoms. The second-order valence-electron chi connectivity index (χ2n) is 4.94. The van der Waals surface area contributed by atoms with Crippen molar-refractivity contribution in [2.45, 2.75) is 32.2 Å². The van der Waals surface area contributed by atoms with Gasteiger partial charge in [-0.25, -0.2) is 4.98 Å². The van der Waals surface area contributed by atoms with Gasteiger partial charge in [0.1, 0.15) is 0 Å². The van der Waals surface area contributed by atoms with Gasteiger partial charge in [0.2, 0.25) is 0 Å². The normalized spacial score (nSPS) is 21.3. The Morgan fingerprint density at radius 2 is 2.50 bits per heavy atom. The molecule has 0 unspecified atom stereocenters. The lowest BCUT2D eigenvalue weighted by atomic mass is 9.95. The molecule has 0 amide bonds. The van der Waals surface area contributed by atoms with E-state index in [4.69, 9.17) is 0 Å². The van der Waals surface area contributed by atoms with Gasteiger partial charge in [-0.3, -0.25) is 10.00 Å². The maximum absolute atomic E-state index is 4.55. The highest BCUT2D eigenvalue weighted by Gasteiger charge is 2.22. The predicted octanol–water partition coefficient (Wildman–Crippen LogP) is 2.55. The molecule has 4 nitrogen and oxygen atoms in total. The average Bonchev–Trinajstić information content (AvgIpc) is 3.01. The summed E-state index contributed by atoms with van der Waals surface area (Å²) in [5.41, 5.74) is 2.48. The molecular formula is C13H18N4S. The van der Waals surface area contributed by atoms with Crippen molar-refractivity contribution < 1.29 is 0 Å². The molecule has 0 aliphatic carbocycles. The lowest BCUT2D eigenvalue weighted by Gasteiger charge is -2.31. The number of hydrogen-bond acceptors (Lipinski definition) is 4. The Labute approximate surface area is 111 Å². The monoisotopic (exact) mass is 262 g/mol. The number of aryl methyl sites for hydroxylation is 1. The number of aromatic nitrogens is 3. The van der Waals surface area contributed by atoms with Crippen LogP contribution >= 0.6 is 11.3 Å². The zero-order chi connectivity index (χ0) is 12.4. The number of likely N-dealkylation sites (tertiary alicyclic amines) is 1. The highest BCUT2D eigenvalue weighted by Crippen LogP contribution is 2.26. The van der Waals surface area contributed by atoms with Crippen LogP contribution < -0.4 is 0 Å². The van der Waals surface area contributed by atoms with E-state index in [9.17, 15) is 0 Å². The summed E-state index contributed by atoms with van der Waals surface area (Å²) in [5.74, 6) is 0.598. The van der Waals surface area contributed by atoms with Crippen LogP contribution in [-0.4, -0.2) is 33.2 Å². The lowest BCUT2D eigenvalue weighted by Crippen LogP contribution is -2.34. The van der Waals surface area contributed by atoms with Crippen molar-refractivity contribution in [1.82, 2.24) is 20.1 Å². The molecule has 3 heterocycles. The van der Waals surface area contributed by atoms with Gasteiger partial charge in [0, 0.05) is 36.3 Å². The van der Waals surface area contributed by atoms with Gasteiger partial charge in [-0.05, 0) is 32.4 Å². The van der Waals surface area contributed by atoms with Gasteiger partial charge < -0.3 is 0 Å². The van der Waals surface area contributed by atoms with Crippen molar-refractivity contribution in [3.63, 3.8) is 0 Å². The minimum atomic E-state index is 0.598. The molecule has 1 fully saturated rings. The molecule has 1 aliphatic rings. The Morgan fingerprint density at radius 1 is 1.56 bits per heavy atom. The molecule has 0 bridgehead atoms. The van der Waals surface area contributed by atoms with Crippen LogP contribution in [0.25, 0.3) is 0 Å². The summed E-state index contributed by atoms with van der Waals surface area (Å²) in [5, 5.41) is 10.5. The van der Waals surface area contributed by atoms with E-state index in [-0.39, 0.29) is 0 Å². The van der Waals surface area contributed by atoms with Crippen molar-refractivity contribution in [2.24, 2.45) is 0 Å². The first kappa shape index (κ1) is 11.9. The van der Waals surface area contributed by atoms with Crippen LogP contribution in [0, 0.1) is 6.92 Å². The molecule has 1 saturated heterocycles. The SMILES string of the molecule is Cc1nc(CN2CCC[C@@H](c3ccn[nH]3)C2)cs1. The Balaban J connectivity index is 1.63. The van der Waals surface area contributed by atoms with Crippen LogP contribution in [-0.2, 0) is 6.54 Å². The standard InChI is InChI=1S/C13H18N4S/c1-10-15-12(9-18-10)8-17-6-2-3-11(7-17)13-4-5-14-16-13/h4-5,9,11H,2-3,6-8H2,1H3,(H,14,16)/t11-/m1/s1. The van der Waals surface area contributed by atoms with Crippen LogP contribution in [0.15, 0.2) is 17.6 Å². The molecule has 0 saturated carbocycles. The number of nitrogens with one attached hydrogen (secondary N) is 1. The molecule has 2 aromatic heterocycles. The fraction of sp³-hybridized carbons (Fsp3) is 0.538. The summed E-state index contributed by atoms with van der Waals surface area (Å²) in [7, 11) is 0. The van der Waals surface area contributed by atoms with E-state index < -0.39 is 0 Å². The number of aromatic amines is 1. The topological polar surface area (TPSA) is 44.8 Å². The van der Waals surface area contributed by atoms with E-state index in [0.29, 0.717) is 5.92 Å². The second-order valence-corrected chi connectivity index (χ2v) is 6.01. The first-order chi connectivity index (χ1) is 8.81. The fourth-order valence-electron chi connectivity index (χ4n) is 2.66. The van der Waals surface area contributed by atoms with Crippen LogP contribution in [0.2, 0.25) is 0 Å². The van der Waals surface area contributed by atoms with Crippen molar-refractivity contribution in [2.75, 3.05) is 13.1 Å². The van der Waals surface area contributed by atoms with Gasteiger partial charge in [0.15, 0.2) is 0 Å². The zero-order valence-electron chi connectivity index (χ0n) is 10.6. The summed E-state index contributed by atoms with van der Waals surface area (Å²) in [6.07, 6.45) is 4.36. The highest BCUT2D eigenvalue weighted by molar-refractivity contribution is 7.09. The first-order valence-electron chi connectivity index (χ1n) is 6.44. The summed E-state index contributed by atoms with van der Waals surface area (Å²) in [6, 6.07) is 2.10. The molecule has 3 rings (SSSR count). The van der Waals surface area contributed by atoms with Crippen molar-refractivity contribution in [3.8, 4) is 0 Å². The third kappa shape index (κ3) is 2.62. The number of H-pyrrole nitrogens is 1. The molecular weight excluding hydrogens is 244 g/mol. The summed E-state index contributed by atoms with van der Waals surface area (Å²) < 4.78 is 0. The second kappa shape index (κ2) is 5.20. The molecule has 0 aromatic carbocycles. The van der Waals surface area contributed by atoms with E-state index in [1.807, 2.05) is 6.20 Å². The molecule has 2 aromatic rings. The van der Waals surface area contributed by atoms with Crippen molar-refractivity contribution in [3.05, 3.63) is 34.0 Å².